The van der Waals surface area contributed by atoms with Gasteiger partial charge in [0.15, 0.2) is 5.78 Å². The third kappa shape index (κ3) is 14.8. The van der Waals surface area contributed by atoms with Crippen molar-refractivity contribution in [2.24, 2.45) is 0 Å². The summed E-state index contributed by atoms with van der Waals surface area (Å²) in [4.78, 5) is 12.1. The molecule has 0 unspecified atom stereocenters. The molecule has 0 spiro atoms. The predicted molar refractivity (Wildman–Crippen MR) is 164 cm³/mol. The van der Waals surface area contributed by atoms with Crippen molar-refractivity contribution in [1.29, 1.82) is 0 Å². The van der Waals surface area contributed by atoms with Crippen LogP contribution in [0.25, 0.3) is 5.76 Å². The van der Waals surface area contributed by atoms with Crippen LogP contribution >= 0.6 is 0 Å². The van der Waals surface area contributed by atoms with Gasteiger partial charge in [-0.2, -0.15) is 0 Å². The number of aliphatic hydroxyl groups is 2. The van der Waals surface area contributed by atoms with E-state index in [1.54, 1.807) is 31.2 Å². The fourth-order valence-electron chi connectivity index (χ4n) is 4.24. The summed E-state index contributed by atoms with van der Waals surface area (Å²) in [6, 6.07) is 15.0. The summed E-state index contributed by atoms with van der Waals surface area (Å²) in [5.74, 6) is 1.13. The molecule has 0 aromatic heterocycles. The van der Waals surface area contributed by atoms with E-state index in [0.717, 1.165) is 24.3 Å². The maximum Gasteiger partial charge on any atom is 0.184 e. The molecule has 0 fully saturated rings. The second-order valence-corrected chi connectivity index (χ2v) is 10.3. The van der Waals surface area contributed by atoms with Crippen molar-refractivity contribution in [2.75, 3.05) is 19.8 Å². The Kier molecular flexibility index (Phi) is 17.0. The first kappa shape index (κ1) is 33.0. The van der Waals surface area contributed by atoms with E-state index in [1.165, 1.54) is 69.9 Å². The van der Waals surface area contributed by atoms with Gasteiger partial charge in [-0.25, -0.2) is 0 Å². The van der Waals surface area contributed by atoms with Crippen LogP contribution in [0.2, 0.25) is 0 Å². The third-order valence-corrected chi connectivity index (χ3v) is 6.62. The van der Waals surface area contributed by atoms with Crippen molar-refractivity contribution in [3.63, 3.8) is 0 Å². The number of carbonyl (C=O) groups is 1. The monoisotopic (exact) mass is 551 g/mol. The van der Waals surface area contributed by atoms with Gasteiger partial charge in [0.25, 0.3) is 0 Å². The number of nitrogens with one attached hydrogen (secondary N) is 1. The minimum Gasteiger partial charge on any atom is -0.507 e. The van der Waals surface area contributed by atoms with Crippen LogP contribution in [0.3, 0.4) is 0 Å². The van der Waals surface area contributed by atoms with E-state index in [-0.39, 0.29) is 18.1 Å². The Morgan fingerprint density at radius 1 is 0.775 bits per heavy atom. The van der Waals surface area contributed by atoms with Crippen molar-refractivity contribution in [2.45, 2.75) is 91.1 Å². The minimum absolute atomic E-state index is 0.0926. The molecule has 0 saturated carbocycles. The van der Waals surface area contributed by atoms with Crippen LogP contribution in [0.1, 0.15) is 95.6 Å². The quantitative estimate of drug-likeness (QED) is 0.0783. The van der Waals surface area contributed by atoms with Gasteiger partial charge in [-0.05, 0) is 61.7 Å². The van der Waals surface area contributed by atoms with Gasteiger partial charge in [0.05, 0.1) is 6.61 Å². The average molecular weight is 552 g/mol. The van der Waals surface area contributed by atoms with Gasteiger partial charge in [0, 0.05) is 36.6 Å². The van der Waals surface area contributed by atoms with E-state index in [2.05, 4.69) is 12.2 Å². The second kappa shape index (κ2) is 20.6. The van der Waals surface area contributed by atoms with Gasteiger partial charge in [0.2, 0.25) is 0 Å². The minimum atomic E-state index is -0.317. The maximum absolute atomic E-state index is 12.1. The molecule has 0 bridgehead atoms. The molecule has 220 valence electrons. The molecule has 2 aromatic rings. The number of allylic oxidation sites excluding steroid dienone is 3. The van der Waals surface area contributed by atoms with Crippen LogP contribution in [-0.4, -0.2) is 35.8 Å². The molecule has 6 nitrogen and oxygen atoms in total. The average Bonchev–Trinajstić information content (AvgIpc) is 2.95. The molecule has 3 N–H and O–H groups in total. The molecule has 0 aliphatic heterocycles. The summed E-state index contributed by atoms with van der Waals surface area (Å²) in [6.45, 7) is 5.88. The van der Waals surface area contributed by atoms with Gasteiger partial charge in [-0.1, -0.05) is 76.8 Å². The zero-order valence-corrected chi connectivity index (χ0v) is 24.5. The van der Waals surface area contributed by atoms with Gasteiger partial charge in [-0.15, -0.1) is 0 Å². The Morgan fingerprint density at radius 2 is 1.35 bits per heavy atom. The number of hydrogen-bond donors (Lipinski definition) is 3. The molecule has 0 heterocycles. The third-order valence-electron chi connectivity index (χ3n) is 6.62. The number of carbonyl (C=O) groups excluding carboxylic acids is 1. The number of ether oxygens (including phenoxy) is 2. The molecule has 0 aliphatic rings. The zero-order valence-electron chi connectivity index (χ0n) is 24.5. The standard InChI is InChI=1S/C34H49NO5/c1-3-4-5-6-7-8-9-10-11-12-24-39-32-18-14-29(15-19-32)27-40-33-20-16-30(17-21-33)34(38)26-31(37)25-28(2)35-22-13-23-36/h14-21,25-26,35-36,38H,3-13,22-24,27H2,1-2H3/b28-25+,34-26-. The lowest BCUT2D eigenvalue weighted by Gasteiger charge is -2.09. The molecule has 6 heteroatoms. The summed E-state index contributed by atoms with van der Waals surface area (Å²) in [6.07, 6.45) is 16.4. The van der Waals surface area contributed by atoms with Crippen molar-refractivity contribution in [1.82, 2.24) is 5.32 Å². The summed E-state index contributed by atoms with van der Waals surface area (Å²) in [5.41, 5.74) is 2.25. The molecule has 0 amide bonds. The Hall–Kier alpha value is -3.25. The molecule has 0 aliphatic carbocycles. The van der Waals surface area contributed by atoms with Crippen molar-refractivity contribution < 1.29 is 24.5 Å². The molecule has 0 saturated heterocycles. The van der Waals surface area contributed by atoms with Crippen LogP contribution in [-0.2, 0) is 11.4 Å². The highest BCUT2D eigenvalue weighted by Gasteiger charge is 2.04. The molecular formula is C34H49NO5. The van der Waals surface area contributed by atoms with Gasteiger partial charge >= 0.3 is 0 Å². The first-order valence-electron chi connectivity index (χ1n) is 14.9. The Labute approximate surface area is 241 Å². The number of rotatable bonds is 22. The van der Waals surface area contributed by atoms with Crippen LogP contribution < -0.4 is 14.8 Å². The number of aliphatic hydroxyl groups excluding tert-OH is 2. The van der Waals surface area contributed by atoms with Gasteiger partial charge in [-0.3, -0.25) is 4.79 Å². The van der Waals surface area contributed by atoms with Crippen LogP contribution in [0.4, 0.5) is 0 Å². The summed E-state index contributed by atoms with van der Waals surface area (Å²) in [7, 11) is 0. The molecule has 2 rings (SSSR count). The van der Waals surface area contributed by atoms with E-state index >= 15 is 0 Å². The first-order valence-corrected chi connectivity index (χ1v) is 14.9. The fraction of sp³-hybridized carbons (Fsp3) is 0.500. The number of unbranched alkanes of at least 4 members (excludes halogenated alkanes) is 9. The summed E-state index contributed by atoms with van der Waals surface area (Å²) >= 11 is 0. The van der Waals surface area contributed by atoms with Crippen molar-refractivity contribution in [3.8, 4) is 11.5 Å². The SMILES string of the molecule is CCCCCCCCCCCCOc1ccc(COc2ccc(/C(O)=C/C(=O)/C=C(\C)NCCCO)cc2)cc1. The van der Waals surface area contributed by atoms with Gasteiger partial charge in [0.1, 0.15) is 23.9 Å². The highest BCUT2D eigenvalue weighted by Crippen LogP contribution is 2.20. The van der Waals surface area contributed by atoms with Crippen LogP contribution in [0, 0.1) is 0 Å². The zero-order chi connectivity index (χ0) is 28.8. The van der Waals surface area contributed by atoms with E-state index in [1.807, 2.05) is 24.3 Å². The van der Waals surface area contributed by atoms with Gasteiger partial charge < -0.3 is 25.0 Å². The molecular weight excluding hydrogens is 502 g/mol. The molecule has 0 atom stereocenters. The highest BCUT2D eigenvalue weighted by molar-refractivity contribution is 6.03. The lowest BCUT2D eigenvalue weighted by Crippen LogP contribution is -2.14. The summed E-state index contributed by atoms with van der Waals surface area (Å²) in [5, 5.41) is 22.2. The molecule has 40 heavy (non-hydrogen) atoms. The Morgan fingerprint density at radius 3 is 1.98 bits per heavy atom. The lowest BCUT2D eigenvalue weighted by molar-refractivity contribution is -0.110. The topological polar surface area (TPSA) is 88.0 Å². The van der Waals surface area contributed by atoms with E-state index in [9.17, 15) is 9.90 Å². The largest absolute Gasteiger partial charge is 0.507 e. The highest BCUT2D eigenvalue weighted by atomic mass is 16.5. The second-order valence-electron chi connectivity index (χ2n) is 10.3. The maximum atomic E-state index is 12.1. The lowest BCUT2D eigenvalue weighted by atomic mass is 10.1. The molecule has 0 radical (unpaired) electrons. The number of ketones is 1. The smallest absolute Gasteiger partial charge is 0.184 e. The van der Waals surface area contributed by atoms with Crippen molar-refractivity contribution in [3.05, 3.63) is 77.5 Å². The molecule has 2 aromatic carbocycles. The Bertz CT molecular complexity index is 1010. The normalized spacial score (nSPS) is 11.9. The first-order chi connectivity index (χ1) is 19.5. The predicted octanol–water partition coefficient (Wildman–Crippen LogP) is 7.91. The summed E-state index contributed by atoms with van der Waals surface area (Å²) < 4.78 is 11.8. The van der Waals surface area contributed by atoms with E-state index in [4.69, 9.17) is 14.6 Å². The van der Waals surface area contributed by atoms with Crippen molar-refractivity contribution >= 4 is 11.5 Å². The van der Waals surface area contributed by atoms with Crippen LogP contribution in [0.5, 0.6) is 11.5 Å². The number of benzene rings is 2. The number of hydrogen-bond acceptors (Lipinski definition) is 6. The fourth-order valence-corrected chi connectivity index (χ4v) is 4.24. The Balaban J connectivity index is 1.65. The van der Waals surface area contributed by atoms with Crippen LogP contribution in [0.15, 0.2) is 66.4 Å². The van der Waals surface area contributed by atoms with E-state index in [0.29, 0.717) is 36.6 Å². The van der Waals surface area contributed by atoms with E-state index < -0.39 is 0 Å².